The molecular formula is C24H26FN3O3. The fourth-order valence-electron chi connectivity index (χ4n) is 3.93. The molecule has 7 heteroatoms. The van der Waals surface area contributed by atoms with Crippen LogP contribution in [0, 0.1) is 5.82 Å². The molecule has 3 aromatic rings. The average molecular weight is 423 g/mol. The predicted octanol–water partition coefficient (Wildman–Crippen LogP) is 4.13. The zero-order valence-electron chi connectivity index (χ0n) is 17.5. The van der Waals surface area contributed by atoms with Gasteiger partial charge < -0.3 is 14.6 Å². The lowest BCUT2D eigenvalue weighted by Gasteiger charge is -2.31. The first-order chi connectivity index (χ1) is 15.1. The van der Waals surface area contributed by atoms with E-state index in [1.807, 2.05) is 36.4 Å². The smallest absolute Gasteiger partial charge is 0.290 e. The number of halogens is 1. The molecule has 1 fully saturated rings. The van der Waals surface area contributed by atoms with Crippen molar-refractivity contribution in [2.24, 2.45) is 0 Å². The SMILES string of the molecule is COc1cccc(CNC(=O)c2cc(C3CCCN(Cc4ccc(F)cc4)C3)no2)c1. The third-order valence-electron chi connectivity index (χ3n) is 5.58. The van der Waals surface area contributed by atoms with Crippen LogP contribution >= 0.6 is 0 Å². The van der Waals surface area contributed by atoms with Gasteiger partial charge in [0.15, 0.2) is 0 Å². The van der Waals surface area contributed by atoms with Crippen molar-refractivity contribution in [2.45, 2.75) is 31.8 Å². The van der Waals surface area contributed by atoms with E-state index in [1.54, 1.807) is 13.2 Å². The minimum Gasteiger partial charge on any atom is -0.497 e. The zero-order chi connectivity index (χ0) is 21.6. The molecule has 1 aliphatic heterocycles. The van der Waals surface area contributed by atoms with Gasteiger partial charge in [0, 0.05) is 31.6 Å². The molecule has 1 aromatic heterocycles. The van der Waals surface area contributed by atoms with Crippen LogP contribution in [0.1, 0.15) is 46.1 Å². The lowest BCUT2D eigenvalue weighted by molar-refractivity contribution is 0.0913. The molecular weight excluding hydrogens is 397 g/mol. The summed E-state index contributed by atoms with van der Waals surface area (Å²) in [5.41, 5.74) is 2.83. The van der Waals surface area contributed by atoms with Crippen LogP contribution in [-0.4, -0.2) is 36.2 Å². The second-order valence-corrected chi connectivity index (χ2v) is 7.85. The standard InChI is InChI=1S/C24H26FN3O3/c1-30-21-6-2-4-18(12-21)14-26-24(29)23-13-22(27-31-23)19-5-3-11-28(16-19)15-17-7-9-20(25)10-8-17/h2,4,6-10,12-13,19H,3,5,11,14-16H2,1H3,(H,26,29). The molecule has 1 saturated heterocycles. The topological polar surface area (TPSA) is 67.6 Å². The first-order valence-corrected chi connectivity index (χ1v) is 10.5. The number of likely N-dealkylation sites (tertiary alicyclic amines) is 1. The van der Waals surface area contributed by atoms with Crippen LogP contribution in [0.2, 0.25) is 0 Å². The van der Waals surface area contributed by atoms with Gasteiger partial charge in [-0.15, -0.1) is 0 Å². The van der Waals surface area contributed by atoms with Crippen molar-refractivity contribution in [3.05, 3.63) is 83.0 Å². The van der Waals surface area contributed by atoms with Crippen LogP contribution in [0.15, 0.2) is 59.1 Å². The van der Waals surface area contributed by atoms with E-state index < -0.39 is 0 Å². The third-order valence-corrected chi connectivity index (χ3v) is 5.58. The van der Waals surface area contributed by atoms with Crippen molar-refractivity contribution in [2.75, 3.05) is 20.2 Å². The highest BCUT2D eigenvalue weighted by Gasteiger charge is 2.25. The van der Waals surface area contributed by atoms with Crippen LogP contribution in [0.5, 0.6) is 5.75 Å². The van der Waals surface area contributed by atoms with Crippen molar-refractivity contribution in [1.29, 1.82) is 0 Å². The van der Waals surface area contributed by atoms with E-state index in [1.165, 1.54) is 12.1 Å². The Labute approximate surface area is 181 Å². The Morgan fingerprint density at radius 1 is 1.23 bits per heavy atom. The summed E-state index contributed by atoms with van der Waals surface area (Å²) in [5, 5.41) is 7.02. The van der Waals surface area contributed by atoms with E-state index in [2.05, 4.69) is 15.4 Å². The Morgan fingerprint density at radius 3 is 2.87 bits per heavy atom. The molecule has 1 aliphatic rings. The summed E-state index contributed by atoms with van der Waals surface area (Å²) >= 11 is 0. The highest BCUT2D eigenvalue weighted by molar-refractivity contribution is 5.91. The molecule has 31 heavy (non-hydrogen) atoms. The number of hydrogen-bond acceptors (Lipinski definition) is 5. The van der Waals surface area contributed by atoms with Crippen LogP contribution in [0.4, 0.5) is 4.39 Å². The number of ether oxygens (including phenoxy) is 1. The quantitative estimate of drug-likeness (QED) is 0.619. The zero-order valence-corrected chi connectivity index (χ0v) is 17.5. The minimum atomic E-state index is -0.291. The summed E-state index contributed by atoms with van der Waals surface area (Å²) in [5.74, 6) is 0.656. The third kappa shape index (κ3) is 5.49. The number of hydrogen-bond donors (Lipinski definition) is 1. The molecule has 1 unspecified atom stereocenters. The van der Waals surface area contributed by atoms with Crippen molar-refractivity contribution >= 4 is 5.91 Å². The fraction of sp³-hybridized carbons (Fsp3) is 0.333. The van der Waals surface area contributed by atoms with E-state index >= 15 is 0 Å². The number of amides is 1. The van der Waals surface area contributed by atoms with Crippen molar-refractivity contribution in [3.8, 4) is 5.75 Å². The number of nitrogens with zero attached hydrogens (tertiary/aromatic N) is 2. The molecule has 0 spiro atoms. The number of rotatable bonds is 7. The van der Waals surface area contributed by atoms with Gasteiger partial charge in [0.1, 0.15) is 11.6 Å². The molecule has 2 heterocycles. The average Bonchev–Trinajstić information content (AvgIpc) is 3.30. The molecule has 1 atom stereocenters. The first-order valence-electron chi connectivity index (χ1n) is 10.5. The summed E-state index contributed by atoms with van der Waals surface area (Å²) in [6, 6.07) is 15.9. The van der Waals surface area contributed by atoms with E-state index in [0.717, 1.165) is 55.0 Å². The van der Waals surface area contributed by atoms with Gasteiger partial charge in [0.25, 0.3) is 5.91 Å². The Bertz CT molecular complexity index is 1020. The molecule has 4 rings (SSSR count). The fourth-order valence-corrected chi connectivity index (χ4v) is 3.93. The highest BCUT2D eigenvalue weighted by Crippen LogP contribution is 2.27. The summed E-state index contributed by atoms with van der Waals surface area (Å²) in [4.78, 5) is 14.8. The van der Waals surface area contributed by atoms with Crippen LogP contribution in [0.25, 0.3) is 0 Å². The van der Waals surface area contributed by atoms with Gasteiger partial charge in [-0.3, -0.25) is 9.69 Å². The number of methoxy groups -OCH3 is 1. The van der Waals surface area contributed by atoms with Gasteiger partial charge in [-0.05, 0) is 54.8 Å². The van der Waals surface area contributed by atoms with E-state index in [-0.39, 0.29) is 23.4 Å². The molecule has 1 amide bonds. The van der Waals surface area contributed by atoms with Gasteiger partial charge >= 0.3 is 0 Å². The number of piperidine rings is 1. The summed E-state index contributed by atoms with van der Waals surface area (Å²) in [7, 11) is 1.61. The largest absolute Gasteiger partial charge is 0.497 e. The summed E-state index contributed by atoms with van der Waals surface area (Å²) < 4.78 is 23.7. The van der Waals surface area contributed by atoms with Crippen LogP contribution < -0.4 is 10.1 Å². The van der Waals surface area contributed by atoms with Gasteiger partial charge in [-0.25, -0.2) is 4.39 Å². The number of carbonyl (C=O) groups is 1. The minimum absolute atomic E-state index is 0.206. The molecule has 2 aromatic carbocycles. The van der Waals surface area contributed by atoms with Gasteiger partial charge in [-0.1, -0.05) is 29.4 Å². The Kier molecular flexibility index (Phi) is 6.62. The maximum absolute atomic E-state index is 13.1. The van der Waals surface area contributed by atoms with Gasteiger partial charge in [0.2, 0.25) is 5.76 Å². The number of benzene rings is 2. The lowest BCUT2D eigenvalue weighted by Crippen LogP contribution is -2.34. The van der Waals surface area contributed by atoms with Crippen molar-refractivity contribution in [3.63, 3.8) is 0 Å². The second kappa shape index (κ2) is 9.75. The van der Waals surface area contributed by atoms with E-state index in [4.69, 9.17) is 9.26 Å². The first kappa shape index (κ1) is 21.1. The van der Waals surface area contributed by atoms with E-state index in [9.17, 15) is 9.18 Å². The molecule has 6 nitrogen and oxygen atoms in total. The molecule has 0 radical (unpaired) electrons. The van der Waals surface area contributed by atoms with E-state index in [0.29, 0.717) is 6.54 Å². The van der Waals surface area contributed by atoms with Gasteiger partial charge in [0.05, 0.1) is 12.8 Å². The predicted molar refractivity (Wildman–Crippen MR) is 114 cm³/mol. The maximum atomic E-state index is 13.1. The molecule has 0 aliphatic carbocycles. The Morgan fingerprint density at radius 2 is 2.06 bits per heavy atom. The number of carbonyl (C=O) groups excluding carboxylic acids is 1. The monoisotopic (exact) mass is 423 g/mol. The van der Waals surface area contributed by atoms with Crippen LogP contribution in [-0.2, 0) is 13.1 Å². The molecule has 0 bridgehead atoms. The number of nitrogens with one attached hydrogen (secondary N) is 1. The lowest BCUT2D eigenvalue weighted by atomic mass is 9.94. The summed E-state index contributed by atoms with van der Waals surface area (Å²) in [6.45, 7) is 2.96. The molecule has 162 valence electrons. The summed E-state index contributed by atoms with van der Waals surface area (Å²) in [6.07, 6.45) is 2.04. The highest BCUT2D eigenvalue weighted by atomic mass is 19.1. The number of aromatic nitrogens is 1. The molecule has 1 N–H and O–H groups in total. The maximum Gasteiger partial charge on any atom is 0.290 e. The molecule has 0 saturated carbocycles. The Hall–Kier alpha value is -3.19. The van der Waals surface area contributed by atoms with Gasteiger partial charge in [-0.2, -0.15) is 0 Å². The Balaban J connectivity index is 1.33. The van der Waals surface area contributed by atoms with Crippen LogP contribution in [0.3, 0.4) is 0 Å². The van der Waals surface area contributed by atoms with Crippen molar-refractivity contribution < 1.29 is 18.4 Å². The second-order valence-electron chi connectivity index (χ2n) is 7.85. The normalized spacial score (nSPS) is 16.8. The van der Waals surface area contributed by atoms with Crippen molar-refractivity contribution in [1.82, 2.24) is 15.4 Å².